The molecule has 0 radical (unpaired) electrons. The first-order valence-electron chi connectivity index (χ1n) is 12.1. The van der Waals surface area contributed by atoms with E-state index in [1.165, 1.54) is 0 Å². The molecule has 0 unspecified atom stereocenters. The summed E-state index contributed by atoms with van der Waals surface area (Å²) in [6, 6.07) is 30.0. The number of hydrogen-bond donors (Lipinski definition) is 1. The van der Waals surface area contributed by atoms with Crippen LogP contribution in [-0.2, 0) is 38.8 Å². The SMILES string of the molecule is C=CC[C@H]1O[C@H](CO)[C@H](OCc2ccccc2)[C@H](OCc2ccccc2)[C@H]1OCc1ccccc1. The van der Waals surface area contributed by atoms with E-state index < -0.39 is 24.4 Å². The molecule has 1 heterocycles. The molecule has 1 fully saturated rings. The Morgan fingerprint density at radius 2 is 1.03 bits per heavy atom. The summed E-state index contributed by atoms with van der Waals surface area (Å²) in [4.78, 5) is 0. The van der Waals surface area contributed by atoms with Crippen molar-refractivity contribution in [2.24, 2.45) is 0 Å². The summed E-state index contributed by atoms with van der Waals surface area (Å²) in [5.74, 6) is 0. The highest BCUT2D eigenvalue weighted by atomic mass is 16.6. The van der Waals surface area contributed by atoms with Crippen molar-refractivity contribution >= 4 is 0 Å². The highest BCUT2D eigenvalue weighted by Crippen LogP contribution is 2.31. The fourth-order valence-electron chi connectivity index (χ4n) is 4.38. The zero-order valence-corrected chi connectivity index (χ0v) is 19.9. The Morgan fingerprint density at radius 1 is 0.629 bits per heavy atom. The maximum absolute atomic E-state index is 10.2. The zero-order chi connectivity index (χ0) is 24.3. The van der Waals surface area contributed by atoms with Crippen LogP contribution in [0.1, 0.15) is 23.1 Å². The molecule has 3 aromatic carbocycles. The summed E-state index contributed by atoms with van der Waals surface area (Å²) in [6.07, 6.45) is 0.181. The number of rotatable bonds is 12. The van der Waals surface area contributed by atoms with Crippen molar-refractivity contribution in [3.05, 3.63) is 120 Å². The predicted octanol–water partition coefficient (Wildman–Crippen LogP) is 5.08. The summed E-state index contributed by atoms with van der Waals surface area (Å²) in [6.45, 7) is 4.93. The minimum absolute atomic E-state index is 0.177. The van der Waals surface area contributed by atoms with Crippen molar-refractivity contribution in [3.63, 3.8) is 0 Å². The van der Waals surface area contributed by atoms with Crippen LogP contribution in [0, 0.1) is 0 Å². The van der Waals surface area contributed by atoms with Gasteiger partial charge in [0.05, 0.1) is 32.5 Å². The van der Waals surface area contributed by atoms with Crippen molar-refractivity contribution in [2.45, 2.75) is 56.8 Å². The molecule has 0 amide bonds. The number of ether oxygens (including phenoxy) is 4. The molecule has 1 N–H and O–H groups in total. The van der Waals surface area contributed by atoms with Gasteiger partial charge in [0, 0.05) is 0 Å². The Balaban J connectivity index is 1.58. The van der Waals surface area contributed by atoms with Gasteiger partial charge in [0.15, 0.2) is 0 Å². The predicted molar refractivity (Wildman–Crippen MR) is 136 cm³/mol. The molecule has 3 aromatic rings. The van der Waals surface area contributed by atoms with E-state index in [-0.39, 0.29) is 12.7 Å². The number of aliphatic hydroxyl groups excluding tert-OH is 1. The molecule has 0 bridgehead atoms. The maximum atomic E-state index is 10.2. The number of aliphatic hydroxyl groups is 1. The van der Waals surface area contributed by atoms with Gasteiger partial charge in [-0.3, -0.25) is 0 Å². The highest BCUT2D eigenvalue weighted by Gasteiger charge is 2.47. The van der Waals surface area contributed by atoms with Crippen LogP contribution in [0.2, 0.25) is 0 Å². The van der Waals surface area contributed by atoms with Crippen molar-refractivity contribution < 1.29 is 24.1 Å². The Kier molecular flexibility index (Phi) is 9.64. The van der Waals surface area contributed by atoms with Crippen LogP contribution in [0.5, 0.6) is 0 Å². The minimum atomic E-state index is -0.541. The Hall–Kier alpha value is -2.80. The average Bonchev–Trinajstić information content (AvgIpc) is 2.92. The third-order valence-electron chi connectivity index (χ3n) is 6.16. The number of hydrogen-bond acceptors (Lipinski definition) is 5. The lowest BCUT2D eigenvalue weighted by molar-refractivity contribution is -0.269. The summed E-state index contributed by atoms with van der Waals surface area (Å²) < 4.78 is 25.6. The van der Waals surface area contributed by atoms with Gasteiger partial charge in [-0.25, -0.2) is 0 Å². The average molecular weight is 475 g/mol. The van der Waals surface area contributed by atoms with Gasteiger partial charge in [0.2, 0.25) is 0 Å². The maximum Gasteiger partial charge on any atom is 0.115 e. The van der Waals surface area contributed by atoms with E-state index in [9.17, 15) is 5.11 Å². The van der Waals surface area contributed by atoms with Crippen LogP contribution >= 0.6 is 0 Å². The highest BCUT2D eigenvalue weighted by molar-refractivity contribution is 5.16. The molecular weight excluding hydrogens is 440 g/mol. The first-order chi connectivity index (χ1) is 17.3. The van der Waals surface area contributed by atoms with Gasteiger partial charge in [0.1, 0.15) is 24.4 Å². The second-order valence-electron chi connectivity index (χ2n) is 8.70. The van der Waals surface area contributed by atoms with Crippen molar-refractivity contribution in [1.82, 2.24) is 0 Å². The first-order valence-corrected chi connectivity index (χ1v) is 12.1. The second-order valence-corrected chi connectivity index (χ2v) is 8.70. The molecule has 5 heteroatoms. The molecule has 5 nitrogen and oxygen atoms in total. The van der Waals surface area contributed by atoms with E-state index in [1.54, 1.807) is 0 Å². The molecule has 0 saturated carbocycles. The van der Waals surface area contributed by atoms with Gasteiger partial charge in [-0.2, -0.15) is 0 Å². The fourth-order valence-corrected chi connectivity index (χ4v) is 4.38. The Bertz CT molecular complexity index is 995. The van der Waals surface area contributed by atoms with Gasteiger partial charge in [-0.05, 0) is 23.1 Å². The van der Waals surface area contributed by atoms with Crippen molar-refractivity contribution in [3.8, 4) is 0 Å². The van der Waals surface area contributed by atoms with E-state index in [2.05, 4.69) is 6.58 Å². The molecule has 0 spiro atoms. The largest absolute Gasteiger partial charge is 0.394 e. The third-order valence-corrected chi connectivity index (χ3v) is 6.16. The van der Waals surface area contributed by atoms with Crippen LogP contribution in [0.25, 0.3) is 0 Å². The lowest BCUT2D eigenvalue weighted by Crippen LogP contribution is -2.60. The van der Waals surface area contributed by atoms with Crippen LogP contribution in [0.15, 0.2) is 104 Å². The summed E-state index contributed by atoms with van der Waals surface area (Å²) in [7, 11) is 0. The number of benzene rings is 3. The van der Waals surface area contributed by atoms with Crippen LogP contribution in [-0.4, -0.2) is 42.2 Å². The molecule has 0 aromatic heterocycles. The van der Waals surface area contributed by atoms with Gasteiger partial charge in [-0.15, -0.1) is 6.58 Å². The third kappa shape index (κ3) is 7.10. The van der Waals surface area contributed by atoms with Crippen molar-refractivity contribution in [2.75, 3.05) is 6.61 Å². The molecular formula is C30H34O5. The quantitative estimate of drug-likeness (QED) is 0.371. The molecule has 4 rings (SSSR count). The molecule has 1 aliphatic heterocycles. The Labute approximate surface area is 207 Å². The van der Waals surface area contributed by atoms with E-state index >= 15 is 0 Å². The smallest absolute Gasteiger partial charge is 0.115 e. The zero-order valence-electron chi connectivity index (χ0n) is 19.9. The van der Waals surface area contributed by atoms with Gasteiger partial charge >= 0.3 is 0 Å². The summed E-state index contributed by atoms with van der Waals surface area (Å²) in [5.41, 5.74) is 3.17. The molecule has 184 valence electrons. The normalized spacial score (nSPS) is 24.2. The second kappa shape index (κ2) is 13.3. The Morgan fingerprint density at radius 3 is 1.43 bits per heavy atom. The molecule has 35 heavy (non-hydrogen) atoms. The summed E-state index contributed by atoms with van der Waals surface area (Å²) in [5, 5.41) is 10.2. The van der Waals surface area contributed by atoms with Crippen LogP contribution < -0.4 is 0 Å². The standard InChI is InChI=1S/C30H34O5/c1-2-12-26-28(32-20-23-13-6-3-7-14-23)30(34-22-25-17-10-5-11-18-25)29(27(19-31)35-26)33-21-24-15-8-4-9-16-24/h2-11,13-18,26-31H,1,12,19-22H2/t26-,27-,28+,29+,30-/m1/s1. The van der Waals surface area contributed by atoms with Crippen molar-refractivity contribution in [1.29, 1.82) is 0 Å². The lowest BCUT2D eigenvalue weighted by Gasteiger charge is -2.46. The lowest BCUT2D eigenvalue weighted by atomic mass is 9.92. The first kappa shape index (κ1) is 25.3. The van der Waals surface area contributed by atoms with E-state index in [4.69, 9.17) is 18.9 Å². The topological polar surface area (TPSA) is 57.2 Å². The van der Waals surface area contributed by atoms with Gasteiger partial charge < -0.3 is 24.1 Å². The van der Waals surface area contributed by atoms with Crippen LogP contribution in [0.4, 0.5) is 0 Å². The van der Waals surface area contributed by atoms with Crippen LogP contribution in [0.3, 0.4) is 0 Å². The molecule has 0 aliphatic carbocycles. The summed E-state index contributed by atoms with van der Waals surface area (Å²) >= 11 is 0. The van der Waals surface area contributed by atoms with Gasteiger partial charge in [-0.1, -0.05) is 97.1 Å². The van der Waals surface area contributed by atoms with Gasteiger partial charge in [0.25, 0.3) is 0 Å². The molecule has 1 aliphatic rings. The van der Waals surface area contributed by atoms with E-state index in [1.807, 2.05) is 97.1 Å². The molecule has 1 saturated heterocycles. The monoisotopic (exact) mass is 474 g/mol. The minimum Gasteiger partial charge on any atom is -0.394 e. The molecule has 5 atom stereocenters. The van der Waals surface area contributed by atoms with E-state index in [0.717, 1.165) is 16.7 Å². The van der Waals surface area contributed by atoms with E-state index in [0.29, 0.717) is 26.2 Å². The fraction of sp³-hybridized carbons (Fsp3) is 0.333.